The second-order valence-electron chi connectivity index (χ2n) is 4.89. The third-order valence-corrected chi connectivity index (χ3v) is 3.35. The van der Waals surface area contributed by atoms with Crippen molar-refractivity contribution < 1.29 is 9.90 Å². The van der Waals surface area contributed by atoms with Crippen LogP contribution >= 0.6 is 0 Å². The van der Waals surface area contributed by atoms with E-state index in [9.17, 15) is 9.90 Å². The SMILES string of the molecule is C[C@@H](c1ccccc1)[C@@H](O)CC(=O)Nc1ccccc1. The first-order valence-electron chi connectivity index (χ1n) is 6.74. The lowest BCUT2D eigenvalue weighted by Gasteiger charge is -2.18. The highest BCUT2D eigenvalue weighted by molar-refractivity contribution is 5.91. The van der Waals surface area contributed by atoms with Gasteiger partial charge < -0.3 is 10.4 Å². The van der Waals surface area contributed by atoms with Gasteiger partial charge in [0.2, 0.25) is 5.91 Å². The molecule has 0 saturated carbocycles. The molecule has 0 aliphatic rings. The number of aliphatic hydroxyl groups is 1. The zero-order valence-electron chi connectivity index (χ0n) is 11.5. The van der Waals surface area contributed by atoms with Gasteiger partial charge in [-0.15, -0.1) is 0 Å². The van der Waals surface area contributed by atoms with Gasteiger partial charge in [0.15, 0.2) is 0 Å². The summed E-state index contributed by atoms with van der Waals surface area (Å²) in [6.45, 7) is 1.93. The van der Waals surface area contributed by atoms with E-state index in [-0.39, 0.29) is 18.2 Å². The van der Waals surface area contributed by atoms with Gasteiger partial charge >= 0.3 is 0 Å². The highest BCUT2D eigenvalue weighted by atomic mass is 16.3. The summed E-state index contributed by atoms with van der Waals surface area (Å²) in [5, 5.41) is 12.9. The van der Waals surface area contributed by atoms with E-state index < -0.39 is 6.10 Å². The monoisotopic (exact) mass is 269 g/mol. The van der Waals surface area contributed by atoms with Crippen molar-refractivity contribution in [1.29, 1.82) is 0 Å². The lowest BCUT2D eigenvalue weighted by atomic mass is 9.93. The van der Waals surface area contributed by atoms with E-state index >= 15 is 0 Å². The Bertz CT molecular complexity index is 539. The number of aliphatic hydroxyl groups excluding tert-OH is 1. The number of amides is 1. The number of hydrogen-bond acceptors (Lipinski definition) is 2. The molecule has 0 aliphatic heterocycles. The summed E-state index contributed by atoms with van der Waals surface area (Å²) in [7, 11) is 0. The number of nitrogens with one attached hydrogen (secondary N) is 1. The quantitative estimate of drug-likeness (QED) is 0.876. The van der Waals surface area contributed by atoms with E-state index in [1.807, 2.05) is 67.6 Å². The van der Waals surface area contributed by atoms with Crippen LogP contribution in [0, 0.1) is 0 Å². The van der Waals surface area contributed by atoms with Crippen LogP contribution in [0.25, 0.3) is 0 Å². The summed E-state index contributed by atoms with van der Waals surface area (Å²) in [4.78, 5) is 11.9. The van der Waals surface area contributed by atoms with Crippen LogP contribution in [0.3, 0.4) is 0 Å². The van der Waals surface area contributed by atoms with Crippen molar-refractivity contribution in [1.82, 2.24) is 0 Å². The lowest BCUT2D eigenvalue weighted by molar-refractivity contribution is -0.118. The first-order chi connectivity index (χ1) is 9.66. The molecule has 0 saturated heterocycles. The normalized spacial score (nSPS) is 13.5. The molecule has 2 rings (SSSR count). The molecule has 2 aromatic rings. The number of anilines is 1. The van der Waals surface area contributed by atoms with Gasteiger partial charge in [0.1, 0.15) is 0 Å². The average Bonchev–Trinajstić information content (AvgIpc) is 2.48. The summed E-state index contributed by atoms with van der Waals surface area (Å²) in [5.41, 5.74) is 1.78. The Kier molecular flexibility index (Phi) is 4.91. The number of para-hydroxylation sites is 1. The maximum atomic E-state index is 11.9. The van der Waals surface area contributed by atoms with Gasteiger partial charge in [-0.25, -0.2) is 0 Å². The smallest absolute Gasteiger partial charge is 0.226 e. The van der Waals surface area contributed by atoms with Gasteiger partial charge in [-0.1, -0.05) is 55.5 Å². The summed E-state index contributed by atoms with van der Waals surface area (Å²) in [6, 6.07) is 19.0. The fraction of sp³-hybridized carbons (Fsp3) is 0.235. The third kappa shape index (κ3) is 3.93. The van der Waals surface area contributed by atoms with Gasteiger partial charge in [0.25, 0.3) is 0 Å². The van der Waals surface area contributed by atoms with Crippen LogP contribution in [0.1, 0.15) is 24.8 Å². The van der Waals surface area contributed by atoms with Gasteiger partial charge in [0, 0.05) is 11.6 Å². The van der Waals surface area contributed by atoms with Crippen LogP contribution in [0.4, 0.5) is 5.69 Å². The van der Waals surface area contributed by atoms with Gasteiger partial charge in [-0.05, 0) is 17.7 Å². The summed E-state index contributed by atoms with van der Waals surface area (Å²) < 4.78 is 0. The van der Waals surface area contributed by atoms with E-state index in [1.54, 1.807) is 0 Å². The number of rotatable bonds is 5. The minimum Gasteiger partial charge on any atom is -0.392 e. The van der Waals surface area contributed by atoms with Crippen LogP contribution in [0.15, 0.2) is 60.7 Å². The molecule has 2 N–H and O–H groups in total. The van der Waals surface area contributed by atoms with E-state index in [1.165, 1.54) is 0 Å². The molecule has 0 aliphatic carbocycles. The number of carbonyl (C=O) groups is 1. The standard InChI is InChI=1S/C17H19NO2/c1-13(14-8-4-2-5-9-14)16(19)12-17(20)18-15-10-6-3-7-11-15/h2-11,13,16,19H,12H2,1H3,(H,18,20)/t13-,16-/m0/s1. The van der Waals surface area contributed by atoms with Crippen molar-refractivity contribution in [2.75, 3.05) is 5.32 Å². The minimum absolute atomic E-state index is 0.0716. The zero-order chi connectivity index (χ0) is 14.4. The second kappa shape index (κ2) is 6.87. The fourth-order valence-electron chi connectivity index (χ4n) is 2.08. The molecular formula is C17H19NO2. The summed E-state index contributed by atoms with van der Waals surface area (Å²) >= 11 is 0. The Morgan fingerprint density at radius 2 is 1.60 bits per heavy atom. The van der Waals surface area contributed by atoms with Crippen molar-refractivity contribution in [3.63, 3.8) is 0 Å². The Labute approximate surface area is 119 Å². The Morgan fingerprint density at radius 3 is 2.20 bits per heavy atom. The van der Waals surface area contributed by atoms with Crippen LogP contribution in [-0.2, 0) is 4.79 Å². The molecule has 0 bridgehead atoms. The highest BCUT2D eigenvalue weighted by Crippen LogP contribution is 2.21. The molecule has 3 heteroatoms. The van der Waals surface area contributed by atoms with E-state index in [2.05, 4.69) is 5.32 Å². The molecule has 0 fully saturated rings. The Balaban J connectivity index is 1.91. The minimum atomic E-state index is -0.693. The predicted octanol–water partition coefficient (Wildman–Crippen LogP) is 3.18. The average molecular weight is 269 g/mol. The first-order valence-corrected chi connectivity index (χ1v) is 6.74. The largest absolute Gasteiger partial charge is 0.392 e. The molecule has 20 heavy (non-hydrogen) atoms. The topological polar surface area (TPSA) is 49.3 Å². The molecule has 2 aromatic carbocycles. The zero-order valence-corrected chi connectivity index (χ0v) is 11.5. The second-order valence-corrected chi connectivity index (χ2v) is 4.89. The van der Waals surface area contributed by atoms with Crippen LogP contribution < -0.4 is 5.32 Å². The number of hydrogen-bond donors (Lipinski definition) is 2. The third-order valence-electron chi connectivity index (χ3n) is 3.35. The predicted molar refractivity (Wildman–Crippen MR) is 80.6 cm³/mol. The van der Waals surface area contributed by atoms with Crippen molar-refractivity contribution in [3.8, 4) is 0 Å². The number of carbonyl (C=O) groups excluding carboxylic acids is 1. The summed E-state index contributed by atoms with van der Waals surface area (Å²) in [5.74, 6) is -0.246. The maximum Gasteiger partial charge on any atom is 0.226 e. The highest BCUT2D eigenvalue weighted by Gasteiger charge is 2.19. The van der Waals surface area contributed by atoms with Crippen LogP contribution in [0.2, 0.25) is 0 Å². The van der Waals surface area contributed by atoms with Gasteiger partial charge in [-0.3, -0.25) is 4.79 Å². The molecule has 0 aromatic heterocycles. The van der Waals surface area contributed by atoms with Crippen molar-refractivity contribution in [2.24, 2.45) is 0 Å². The fourth-order valence-corrected chi connectivity index (χ4v) is 2.08. The van der Waals surface area contributed by atoms with Crippen molar-refractivity contribution >= 4 is 11.6 Å². The maximum absolute atomic E-state index is 11.9. The molecule has 2 atom stereocenters. The molecule has 104 valence electrons. The molecule has 0 radical (unpaired) electrons. The van der Waals surface area contributed by atoms with Crippen molar-refractivity contribution in [3.05, 3.63) is 66.2 Å². The van der Waals surface area contributed by atoms with Gasteiger partial charge in [0.05, 0.1) is 12.5 Å². The van der Waals surface area contributed by atoms with E-state index in [0.29, 0.717) is 0 Å². The molecule has 0 heterocycles. The Morgan fingerprint density at radius 1 is 1.05 bits per heavy atom. The van der Waals surface area contributed by atoms with Crippen LogP contribution in [0.5, 0.6) is 0 Å². The first kappa shape index (κ1) is 14.3. The summed E-state index contributed by atoms with van der Waals surface area (Å²) in [6.07, 6.45) is -0.605. The molecular weight excluding hydrogens is 250 g/mol. The molecule has 3 nitrogen and oxygen atoms in total. The van der Waals surface area contributed by atoms with Gasteiger partial charge in [-0.2, -0.15) is 0 Å². The Hall–Kier alpha value is -2.13. The molecule has 1 amide bonds. The van der Waals surface area contributed by atoms with E-state index in [4.69, 9.17) is 0 Å². The molecule has 0 unspecified atom stereocenters. The number of benzene rings is 2. The van der Waals surface area contributed by atoms with Crippen LogP contribution in [-0.4, -0.2) is 17.1 Å². The molecule has 0 spiro atoms. The lowest BCUT2D eigenvalue weighted by Crippen LogP contribution is -2.24. The van der Waals surface area contributed by atoms with Crippen molar-refractivity contribution in [2.45, 2.75) is 25.4 Å². The van der Waals surface area contributed by atoms with E-state index in [0.717, 1.165) is 11.3 Å².